The van der Waals surface area contributed by atoms with Crippen molar-refractivity contribution in [2.45, 2.75) is 20.0 Å². The molecule has 19 heavy (non-hydrogen) atoms. The van der Waals surface area contributed by atoms with Crippen LogP contribution in [0.15, 0.2) is 18.3 Å². The lowest BCUT2D eigenvalue weighted by atomic mass is 10.1. The number of aryl methyl sites for hydroxylation is 1. The van der Waals surface area contributed by atoms with Gasteiger partial charge < -0.3 is 15.2 Å². The van der Waals surface area contributed by atoms with Gasteiger partial charge in [0.25, 0.3) is 0 Å². The van der Waals surface area contributed by atoms with Crippen molar-refractivity contribution in [1.29, 1.82) is 0 Å². The van der Waals surface area contributed by atoms with E-state index in [1.165, 1.54) is 7.11 Å². The molecular formula is C13H16ClN3O2. The number of aromatic hydroxyl groups is 1. The van der Waals surface area contributed by atoms with Crippen molar-refractivity contribution < 1.29 is 9.84 Å². The number of halogens is 1. The van der Waals surface area contributed by atoms with Gasteiger partial charge in [0, 0.05) is 41.0 Å². The highest BCUT2D eigenvalue weighted by Gasteiger charge is 2.10. The lowest BCUT2D eigenvalue weighted by molar-refractivity contribution is 0.369. The fourth-order valence-corrected chi connectivity index (χ4v) is 2.04. The number of aromatic nitrogens is 2. The van der Waals surface area contributed by atoms with Gasteiger partial charge in [0.05, 0.1) is 13.3 Å². The molecule has 0 atom stereocenters. The number of benzene rings is 1. The van der Waals surface area contributed by atoms with Crippen LogP contribution < -0.4 is 10.1 Å². The van der Waals surface area contributed by atoms with Crippen LogP contribution in [0.1, 0.15) is 16.8 Å². The number of rotatable bonds is 5. The molecule has 0 bridgehead atoms. The maximum absolute atomic E-state index is 9.98. The van der Waals surface area contributed by atoms with Crippen LogP contribution in [0.4, 0.5) is 0 Å². The zero-order valence-corrected chi connectivity index (χ0v) is 11.6. The first-order valence-electron chi connectivity index (χ1n) is 5.86. The molecule has 1 heterocycles. The van der Waals surface area contributed by atoms with E-state index >= 15 is 0 Å². The smallest absolute Gasteiger partial charge is 0.162 e. The molecule has 102 valence electrons. The van der Waals surface area contributed by atoms with E-state index in [2.05, 4.69) is 15.5 Å². The Hall–Kier alpha value is -1.72. The van der Waals surface area contributed by atoms with Crippen molar-refractivity contribution in [2.75, 3.05) is 7.11 Å². The van der Waals surface area contributed by atoms with Crippen LogP contribution in [-0.2, 0) is 13.1 Å². The van der Waals surface area contributed by atoms with E-state index in [1.54, 1.807) is 18.3 Å². The van der Waals surface area contributed by atoms with Crippen molar-refractivity contribution in [3.05, 3.63) is 40.2 Å². The van der Waals surface area contributed by atoms with Gasteiger partial charge in [-0.05, 0) is 13.0 Å². The van der Waals surface area contributed by atoms with Gasteiger partial charge in [-0.3, -0.25) is 5.10 Å². The van der Waals surface area contributed by atoms with Crippen molar-refractivity contribution >= 4 is 11.6 Å². The van der Waals surface area contributed by atoms with Crippen LogP contribution in [0.3, 0.4) is 0 Å². The third-order valence-corrected chi connectivity index (χ3v) is 3.12. The van der Waals surface area contributed by atoms with Gasteiger partial charge in [-0.25, -0.2) is 0 Å². The number of ether oxygens (including phenoxy) is 1. The second-order valence-corrected chi connectivity index (χ2v) is 4.68. The summed E-state index contributed by atoms with van der Waals surface area (Å²) in [6, 6.07) is 3.30. The fourth-order valence-electron chi connectivity index (χ4n) is 1.80. The molecule has 0 saturated heterocycles. The van der Waals surface area contributed by atoms with Crippen molar-refractivity contribution in [3.8, 4) is 11.5 Å². The van der Waals surface area contributed by atoms with Crippen LogP contribution >= 0.6 is 11.6 Å². The number of phenolic OH excluding ortho intramolecular Hbond substituents is 1. The van der Waals surface area contributed by atoms with Gasteiger partial charge in [-0.2, -0.15) is 5.10 Å². The summed E-state index contributed by atoms with van der Waals surface area (Å²) in [7, 11) is 1.50. The standard InChI is InChI=1S/C13H16ClN3O2/c1-8-10(7-16-17-8)6-15-5-9-3-11(14)4-12(19-2)13(9)18/h3-4,7,15,18H,5-6H2,1-2H3,(H,16,17). The van der Waals surface area contributed by atoms with E-state index in [0.29, 0.717) is 29.4 Å². The summed E-state index contributed by atoms with van der Waals surface area (Å²) in [6.45, 7) is 3.12. The minimum atomic E-state index is 0.114. The normalized spacial score (nSPS) is 10.7. The molecule has 0 aliphatic rings. The quantitative estimate of drug-likeness (QED) is 0.787. The maximum atomic E-state index is 9.98. The SMILES string of the molecule is COc1cc(Cl)cc(CNCc2cn[nH]c2C)c1O. The number of phenols is 1. The maximum Gasteiger partial charge on any atom is 0.162 e. The predicted molar refractivity (Wildman–Crippen MR) is 73.5 cm³/mol. The summed E-state index contributed by atoms with van der Waals surface area (Å²) in [5.74, 6) is 0.493. The zero-order chi connectivity index (χ0) is 13.8. The van der Waals surface area contributed by atoms with Gasteiger partial charge in [-0.15, -0.1) is 0 Å². The molecule has 3 N–H and O–H groups in total. The summed E-state index contributed by atoms with van der Waals surface area (Å²) in [5.41, 5.74) is 2.82. The van der Waals surface area contributed by atoms with Gasteiger partial charge in [-0.1, -0.05) is 11.6 Å². The summed E-state index contributed by atoms with van der Waals surface area (Å²) in [6.07, 6.45) is 1.78. The lowest BCUT2D eigenvalue weighted by Gasteiger charge is -2.10. The summed E-state index contributed by atoms with van der Waals surface area (Å²) in [4.78, 5) is 0. The Kier molecular flexibility index (Phi) is 4.29. The van der Waals surface area contributed by atoms with Crippen LogP contribution in [0, 0.1) is 6.92 Å². The number of nitrogens with zero attached hydrogens (tertiary/aromatic N) is 1. The largest absolute Gasteiger partial charge is 0.504 e. The Morgan fingerprint density at radius 1 is 1.37 bits per heavy atom. The molecule has 2 rings (SSSR count). The molecular weight excluding hydrogens is 266 g/mol. The van der Waals surface area contributed by atoms with Crippen molar-refractivity contribution in [1.82, 2.24) is 15.5 Å². The van der Waals surface area contributed by atoms with Crippen LogP contribution in [0.25, 0.3) is 0 Å². The Bertz CT molecular complexity index is 569. The minimum absolute atomic E-state index is 0.114. The van der Waals surface area contributed by atoms with E-state index < -0.39 is 0 Å². The molecule has 6 heteroatoms. The topological polar surface area (TPSA) is 70.2 Å². The Morgan fingerprint density at radius 3 is 2.74 bits per heavy atom. The highest BCUT2D eigenvalue weighted by atomic mass is 35.5. The molecule has 2 aromatic rings. The summed E-state index contributed by atoms with van der Waals surface area (Å²) in [5, 5.41) is 20.6. The van der Waals surface area contributed by atoms with E-state index in [9.17, 15) is 5.11 Å². The van der Waals surface area contributed by atoms with Gasteiger partial charge in [0.1, 0.15) is 0 Å². The molecule has 0 aliphatic heterocycles. The average Bonchev–Trinajstić information content (AvgIpc) is 2.79. The molecule has 5 nitrogen and oxygen atoms in total. The predicted octanol–water partition coefficient (Wildman–Crippen LogP) is 2.38. The summed E-state index contributed by atoms with van der Waals surface area (Å²) >= 11 is 5.97. The number of hydrogen-bond acceptors (Lipinski definition) is 4. The Balaban J connectivity index is 2.03. The van der Waals surface area contributed by atoms with Gasteiger partial charge in [0.2, 0.25) is 0 Å². The molecule has 1 aromatic heterocycles. The van der Waals surface area contributed by atoms with E-state index in [1.807, 2.05) is 6.92 Å². The van der Waals surface area contributed by atoms with E-state index in [4.69, 9.17) is 16.3 Å². The zero-order valence-electron chi connectivity index (χ0n) is 10.8. The lowest BCUT2D eigenvalue weighted by Crippen LogP contribution is -2.13. The van der Waals surface area contributed by atoms with Crippen LogP contribution in [0.5, 0.6) is 11.5 Å². The number of H-pyrrole nitrogens is 1. The van der Waals surface area contributed by atoms with E-state index in [0.717, 1.165) is 11.3 Å². The summed E-state index contributed by atoms with van der Waals surface area (Å²) < 4.78 is 5.06. The van der Waals surface area contributed by atoms with Gasteiger partial charge in [0.15, 0.2) is 11.5 Å². The molecule has 0 radical (unpaired) electrons. The van der Waals surface area contributed by atoms with Gasteiger partial charge >= 0.3 is 0 Å². The molecule has 0 aliphatic carbocycles. The second-order valence-electron chi connectivity index (χ2n) is 4.24. The third-order valence-electron chi connectivity index (χ3n) is 2.90. The highest BCUT2D eigenvalue weighted by Crippen LogP contribution is 2.33. The first kappa shape index (κ1) is 13.7. The Morgan fingerprint density at radius 2 is 2.11 bits per heavy atom. The molecule has 1 aromatic carbocycles. The van der Waals surface area contributed by atoms with E-state index in [-0.39, 0.29) is 5.75 Å². The number of hydrogen-bond donors (Lipinski definition) is 3. The first-order chi connectivity index (χ1) is 9.11. The average molecular weight is 282 g/mol. The minimum Gasteiger partial charge on any atom is -0.504 e. The van der Waals surface area contributed by atoms with Crippen molar-refractivity contribution in [3.63, 3.8) is 0 Å². The van der Waals surface area contributed by atoms with Crippen molar-refractivity contribution in [2.24, 2.45) is 0 Å². The highest BCUT2D eigenvalue weighted by molar-refractivity contribution is 6.30. The molecule has 0 fully saturated rings. The van der Waals surface area contributed by atoms with Crippen LogP contribution in [-0.4, -0.2) is 22.4 Å². The third kappa shape index (κ3) is 3.19. The number of nitrogens with one attached hydrogen (secondary N) is 2. The molecule has 0 unspecified atom stereocenters. The molecule has 0 spiro atoms. The first-order valence-corrected chi connectivity index (χ1v) is 6.24. The fraction of sp³-hybridized carbons (Fsp3) is 0.308. The Labute approximate surface area is 116 Å². The monoisotopic (exact) mass is 281 g/mol. The number of methoxy groups -OCH3 is 1. The molecule has 0 amide bonds. The molecule has 0 saturated carbocycles. The van der Waals surface area contributed by atoms with Crippen LogP contribution in [0.2, 0.25) is 5.02 Å². The number of aromatic amines is 1. The second kappa shape index (κ2) is 5.95.